The second-order valence-electron chi connectivity index (χ2n) is 4.37. The molecule has 2 rings (SSSR count). The molecule has 0 saturated carbocycles. The van der Waals surface area contributed by atoms with Crippen LogP contribution in [0.5, 0.6) is 0 Å². The SMILES string of the molecule is N#Cc1ccc(NS(=O)(=O)N2CCCCC2)c(F)c1. The maximum absolute atomic E-state index is 13.6. The van der Waals surface area contributed by atoms with Gasteiger partial charge in [0.2, 0.25) is 0 Å². The molecule has 0 aromatic heterocycles. The lowest BCUT2D eigenvalue weighted by molar-refractivity contribution is 0.349. The molecule has 0 atom stereocenters. The highest BCUT2D eigenvalue weighted by Gasteiger charge is 2.24. The molecule has 7 heteroatoms. The molecular formula is C12H14FN3O2S. The minimum absolute atomic E-state index is 0.135. The third kappa shape index (κ3) is 3.22. The topological polar surface area (TPSA) is 73.2 Å². The number of anilines is 1. The normalized spacial score (nSPS) is 16.8. The molecule has 19 heavy (non-hydrogen) atoms. The highest BCUT2D eigenvalue weighted by molar-refractivity contribution is 7.90. The number of nitriles is 1. The molecule has 0 radical (unpaired) electrons. The smallest absolute Gasteiger partial charge is 0.268 e. The number of hydrogen-bond donors (Lipinski definition) is 1. The van der Waals surface area contributed by atoms with Crippen LogP contribution in [0.25, 0.3) is 0 Å². The van der Waals surface area contributed by atoms with Crippen molar-refractivity contribution in [1.82, 2.24) is 4.31 Å². The Hall–Kier alpha value is -1.65. The van der Waals surface area contributed by atoms with E-state index < -0.39 is 16.0 Å². The molecule has 5 nitrogen and oxygen atoms in total. The fourth-order valence-electron chi connectivity index (χ4n) is 1.98. The molecule has 1 heterocycles. The summed E-state index contributed by atoms with van der Waals surface area (Å²) in [7, 11) is -3.72. The van der Waals surface area contributed by atoms with Crippen molar-refractivity contribution in [2.45, 2.75) is 19.3 Å². The molecule has 0 bridgehead atoms. The van der Waals surface area contributed by atoms with Gasteiger partial charge in [-0.05, 0) is 31.0 Å². The zero-order valence-electron chi connectivity index (χ0n) is 10.3. The Labute approximate surface area is 111 Å². The van der Waals surface area contributed by atoms with Crippen LogP contribution in [-0.4, -0.2) is 25.8 Å². The van der Waals surface area contributed by atoms with Gasteiger partial charge in [-0.2, -0.15) is 18.0 Å². The Bertz CT molecular complexity index is 604. The lowest BCUT2D eigenvalue weighted by atomic mass is 10.2. The Morgan fingerprint density at radius 3 is 2.53 bits per heavy atom. The molecule has 0 amide bonds. The van der Waals surface area contributed by atoms with Gasteiger partial charge in [-0.3, -0.25) is 4.72 Å². The molecule has 0 aliphatic carbocycles. The van der Waals surface area contributed by atoms with Crippen LogP contribution in [0, 0.1) is 17.1 Å². The minimum atomic E-state index is -3.72. The first-order valence-electron chi connectivity index (χ1n) is 6.00. The maximum Gasteiger partial charge on any atom is 0.301 e. The largest absolute Gasteiger partial charge is 0.301 e. The average molecular weight is 283 g/mol. The molecule has 0 spiro atoms. The zero-order chi connectivity index (χ0) is 13.9. The molecule has 1 aromatic carbocycles. The number of benzene rings is 1. The van der Waals surface area contributed by atoms with E-state index in [4.69, 9.17) is 5.26 Å². The third-order valence-corrected chi connectivity index (χ3v) is 4.51. The quantitative estimate of drug-likeness (QED) is 0.920. The summed E-state index contributed by atoms with van der Waals surface area (Å²) in [6.45, 7) is 0.903. The van der Waals surface area contributed by atoms with E-state index in [2.05, 4.69) is 4.72 Å². The van der Waals surface area contributed by atoms with Crippen molar-refractivity contribution in [3.63, 3.8) is 0 Å². The number of halogens is 1. The van der Waals surface area contributed by atoms with E-state index in [9.17, 15) is 12.8 Å². The number of hydrogen-bond acceptors (Lipinski definition) is 3. The fourth-order valence-corrected chi connectivity index (χ4v) is 3.29. The summed E-state index contributed by atoms with van der Waals surface area (Å²) in [4.78, 5) is 0. The van der Waals surface area contributed by atoms with E-state index in [0.29, 0.717) is 13.1 Å². The van der Waals surface area contributed by atoms with E-state index in [-0.39, 0.29) is 11.3 Å². The van der Waals surface area contributed by atoms with Crippen LogP contribution in [0.2, 0.25) is 0 Å². The Morgan fingerprint density at radius 1 is 1.26 bits per heavy atom. The van der Waals surface area contributed by atoms with Gasteiger partial charge < -0.3 is 0 Å². The van der Waals surface area contributed by atoms with E-state index in [1.54, 1.807) is 6.07 Å². The van der Waals surface area contributed by atoms with Crippen LogP contribution in [-0.2, 0) is 10.2 Å². The molecular weight excluding hydrogens is 269 g/mol. The summed E-state index contributed by atoms with van der Waals surface area (Å²) in [5.74, 6) is -0.750. The van der Waals surface area contributed by atoms with E-state index in [1.807, 2.05) is 0 Å². The average Bonchev–Trinajstić information content (AvgIpc) is 2.42. The van der Waals surface area contributed by atoms with Gasteiger partial charge in [0.15, 0.2) is 0 Å². The first-order valence-corrected chi connectivity index (χ1v) is 7.44. The van der Waals surface area contributed by atoms with Gasteiger partial charge in [0.25, 0.3) is 0 Å². The van der Waals surface area contributed by atoms with Gasteiger partial charge in [-0.1, -0.05) is 6.42 Å². The Balaban J connectivity index is 2.18. The van der Waals surface area contributed by atoms with Gasteiger partial charge >= 0.3 is 10.2 Å². The Morgan fingerprint density at radius 2 is 1.95 bits per heavy atom. The second-order valence-corrected chi connectivity index (χ2v) is 6.04. The van der Waals surface area contributed by atoms with Crippen LogP contribution >= 0.6 is 0 Å². The predicted molar refractivity (Wildman–Crippen MR) is 69.1 cm³/mol. The second kappa shape index (κ2) is 5.55. The van der Waals surface area contributed by atoms with Crippen LogP contribution in [0.4, 0.5) is 10.1 Å². The van der Waals surface area contributed by atoms with Gasteiger partial charge in [-0.15, -0.1) is 0 Å². The molecule has 1 saturated heterocycles. The van der Waals surface area contributed by atoms with Crippen LogP contribution in [0.1, 0.15) is 24.8 Å². The monoisotopic (exact) mass is 283 g/mol. The number of piperidine rings is 1. The number of rotatable bonds is 3. The predicted octanol–water partition coefficient (Wildman–Crippen LogP) is 1.84. The maximum atomic E-state index is 13.6. The van der Waals surface area contributed by atoms with Crippen LogP contribution < -0.4 is 4.72 Å². The fraction of sp³-hybridized carbons (Fsp3) is 0.417. The summed E-state index contributed by atoms with van der Waals surface area (Å²) in [6.07, 6.45) is 2.64. The van der Waals surface area contributed by atoms with Crippen molar-refractivity contribution < 1.29 is 12.8 Å². The van der Waals surface area contributed by atoms with Gasteiger partial charge in [-0.25, -0.2) is 4.39 Å². The number of nitrogens with one attached hydrogen (secondary N) is 1. The zero-order valence-corrected chi connectivity index (χ0v) is 11.1. The van der Waals surface area contributed by atoms with E-state index in [1.165, 1.54) is 16.4 Å². The number of nitrogens with zero attached hydrogens (tertiary/aromatic N) is 2. The molecule has 1 N–H and O–H groups in total. The summed E-state index contributed by atoms with van der Waals surface area (Å²) in [5.41, 5.74) is 0.0167. The summed E-state index contributed by atoms with van der Waals surface area (Å²) in [5, 5.41) is 8.63. The lowest BCUT2D eigenvalue weighted by Crippen LogP contribution is -2.39. The van der Waals surface area contributed by atoms with Gasteiger partial charge in [0.05, 0.1) is 17.3 Å². The summed E-state index contributed by atoms with van der Waals surface area (Å²) in [6, 6.07) is 5.43. The van der Waals surface area contributed by atoms with Crippen molar-refractivity contribution in [3.8, 4) is 6.07 Å². The molecule has 102 valence electrons. The molecule has 0 unspecified atom stereocenters. The third-order valence-electron chi connectivity index (χ3n) is 2.99. The van der Waals surface area contributed by atoms with Crippen LogP contribution in [0.3, 0.4) is 0 Å². The van der Waals surface area contributed by atoms with Crippen LogP contribution in [0.15, 0.2) is 18.2 Å². The molecule has 1 fully saturated rings. The molecule has 1 aromatic rings. The Kier molecular flexibility index (Phi) is 4.02. The summed E-state index contributed by atoms with van der Waals surface area (Å²) >= 11 is 0. The van der Waals surface area contributed by atoms with Crippen molar-refractivity contribution in [2.75, 3.05) is 17.8 Å². The van der Waals surface area contributed by atoms with E-state index in [0.717, 1.165) is 25.3 Å². The first-order chi connectivity index (χ1) is 9.03. The molecule has 1 aliphatic rings. The lowest BCUT2D eigenvalue weighted by Gasteiger charge is -2.26. The summed E-state index contributed by atoms with van der Waals surface area (Å²) < 4.78 is 41.3. The van der Waals surface area contributed by atoms with Crippen molar-refractivity contribution in [1.29, 1.82) is 5.26 Å². The highest BCUT2D eigenvalue weighted by Crippen LogP contribution is 2.20. The van der Waals surface area contributed by atoms with Gasteiger partial charge in [0.1, 0.15) is 5.82 Å². The van der Waals surface area contributed by atoms with Crippen molar-refractivity contribution in [2.24, 2.45) is 0 Å². The minimum Gasteiger partial charge on any atom is -0.268 e. The first kappa shape index (κ1) is 13.8. The molecule has 1 aliphatic heterocycles. The van der Waals surface area contributed by atoms with Crippen molar-refractivity contribution in [3.05, 3.63) is 29.6 Å². The van der Waals surface area contributed by atoms with Gasteiger partial charge in [0, 0.05) is 13.1 Å². The van der Waals surface area contributed by atoms with Crippen molar-refractivity contribution >= 4 is 15.9 Å². The van der Waals surface area contributed by atoms with E-state index >= 15 is 0 Å². The standard InChI is InChI=1S/C12H14FN3O2S/c13-11-8-10(9-14)4-5-12(11)15-19(17,18)16-6-2-1-3-7-16/h4-5,8,15H,1-3,6-7H2. The highest BCUT2D eigenvalue weighted by atomic mass is 32.2.